The maximum atomic E-state index is 13.1. The first kappa shape index (κ1) is 29.1. The normalized spacial score (nSPS) is 19.8. The zero-order chi connectivity index (χ0) is 26.5. The van der Waals surface area contributed by atoms with E-state index in [4.69, 9.17) is 4.74 Å². The van der Waals surface area contributed by atoms with Crippen molar-refractivity contribution in [2.75, 3.05) is 39.3 Å². The van der Waals surface area contributed by atoms with Gasteiger partial charge in [-0.05, 0) is 44.0 Å². The third kappa shape index (κ3) is 9.49. The van der Waals surface area contributed by atoms with Crippen molar-refractivity contribution in [2.45, 2.75) is 59.0 Å². The van der Waals surface area contributed by atoms with Crippen LogP contribution in [-0.4, -0.2) is 79.9 Å². The molecule has 1 aromatic rings. The molecular formula is C26H41N5O5. The van der Waals surface area contributed by atoms with E-state index in [0.29, 0.717) is 25.3 Å². The molecule has 0 fully saturated rings. The molecule has 200 valence electrons. The maximum Gasteiger partial charge on any atom is 0.255 e. The van der Waals surface area contributed by atoms with Gasteiger partial charge in [-0.2, -0.15) is 0 Å². The van der Waals surface area contributed by atoms with Gasteiger partial charge in [-0.3, -0.25) is 19.2 Å². The summed E-state index contributed by atoms with van der Waals surface area (Å²) in [6.07, 6.45) is 0.551. The second kappa shape index (κ2) is 15.1. The molecule has 0 bridgehead atoms. The first-order valence-corrected chi connectivity index (χ1v) is 12.8. The zero-order valence-corrected chi connectivity index (χ0v) is 21.9. The van der Waals surface area contributed by atoms with Gasteiger partial charge in [0.25, 0.3) is 5.91 Å². The summed E-state index contributed by atoms with van der Waals surface area (Å²) in [6, 6.07) is 5.13. The number of ether oxygens (including phenoxy) is 1. The highest BCUT2D eigenvalue weighted by Gasteiger charge is 2.26. The molecule has 1 aromatic carbocycles. The van der Waals surface area contributed by atoms with E-state index in [-0.39, 0.29) is 55.2 Å². The Labute approximate surface area is 213 Å². The third-order valence-corrected chi connectivity index (χ3v) is 6.05. The van der Waals surface area contributed by atoms with Crippen molar-refractivity contribution < 1.29 is 23.9 Å². The Morgan fingerprint density at radius 3 is 2.56 bits per heavy atom. The van der Waals surface area contributed by atoms with E-state index in [1.807, 2.05) is 13.8 Å². The Kier molecular flexibility index (Phi) is 12.2. The molecule has 0 spiro atoms. The summed E-state index contributed by atoms with van der Waals surface area (Å²) in [4.78, 5) is 53.7. The summed E-state index contributed by atoms with van der Waals surface area (Å²) < 4.78 is 5.76. The number of carbonyl (C=O) groups excluding carboxylic acids is 4. The van der Waals surface area contributed by atoms with E-state index in [1.165, 1.54) is 0 Å². The number of para-hydroxylation sites is 1. The summed E-state index contributed by atoms with van der Waals surface area (Å²) in [5.74, 6) is -0.919. The zero-order valence-electron chi connectivity index (χ0n) is 21.9. The fourth-order valence-electron chi connectivity index (χ4n) is 3.99. The SMILES string of the molecule is CCN(CC)CCNC(=O)[C@@H]1CCC(=O)N[C@H](CC(C)C)C(=O)NCCOc2ccccc2C(=O)N1. The van der Waals surface area contributed by atoms with E-state index in [1.54, 1.807) is 24.3 Å². The van der Waals surface area contributed by atoms with Crippen LogP contribution in [0.3, 0.4) is 0 Å². The highest BCUT2D eigenvalue weighted by atomic mass is 16.5. The molecule has 10 heteroatoms. The Morgan fingerprint density at radius 2 is 1.86 bits per heavy atom. The van der Waals surface area contributed by atoms with Crippen LogP contribution in [0.5, 0.6) is 5.75 Å². The minimum atomic E-state index is -0.921. The topological polar surface area (TPSA) is 129 Å². The molecule has 0 radical (unpaired) electrons. The van der Waals surface area contributed by atoms with E-state index in [2.05, 4.69) is 40.0 Å². The van der Waals surface area contributed by atoms with Crippen molar-refractivity contribution in [2.24, 2.45) is 5.92 Å². The van der Waals surface area contributed by atoms with E-state index >= 15 is 0 Å². The Bertz CT molecular complexity index is 887. The van der Waals surface area contributed by atoms with Crippen LogP contribution in [0.4, 0.5) is 0 Å². The van der Waals surface area contributed by atoms with E-state index in [9.17, 15) is 19.2 Å². The molecule has 2 atom stereocenters. The monoisotopic (exact) mass is 503 g/mol. The number of hydrogen-bond donors (Lipinski definition) is 4. The average molecular weight is 504 g/mol. The smallest absolute Gasteiger partial charge is 0.255 e. The Morgan fingerprint density at radius 1 is 1.14 bits per heavy atom. The minimum Gasteiger partial charge on any atom is -0.491 e. The molecule has 4 N–H and O–H groups in total. The van der Waals surface area contributed by atoms with Crippen molar-refractivity contribution in [1.82, 2.24) is 26.2 Å². The molecule has 36 heavy (non-hydrogen) atoms. The number of rotatable bonds is 8. The van der Waals surface area contributed by atoms with Crippen LogP contribution in [0.25, 0.3) is 0 Å². The Hall–Kier alpha value is -3.14. The number of amides is 4. The molecule has 0 aliphatic carbocycles. The molecule has 0 unspecified atom stereocenters. The van der Waals surface area contributed by atoms with Crippen LogP contribution in [-0.2, 0) is 14.4 Å². The number of fused-ring (bicyclic) bond motifs is 1. The lowest BCUT2D eigenvalue weighted by Crippen LogP contribution is -2.50. The fourth-order valence-corrected chi connectivity index (χ4v) is 3.99. The van der Waals surface area contributed by atoms with Gasteiger partial charge in [0.05, 0.1) is 12.1 Å². The van der Waals surface area contributed by atoms with Gasteiger partial charge in [-0.15, -0.1) is 0 Å². The number of nitrogens with one attached hydrogen (secondary N) is 4. The van der Waals surface area contributed by atoms with E-state index < -0.39 is 18.0 Å². The van der Waals surface area contributed by atoms with Gasteiger partial charge in [0.1, 0.15) is 24.4 Å². The lowest BCUT2D eigenvalue weighted by atomic mass is 10.0. The predicted octanol–water partition coefficient (Wildman–Crippen LogP) is 1.06. The quantitative estimate of drug-likeness (QED) is 0.420. The van der Waals surface area contributed by atoms with Crippen molar-refractivity contribution in [1.29, 1.82) is 0 Å². The molecule has 2 rings (SSSR count). The molecule has 10 nitrogen and oxygen atoms in total. The van der Waals surface area contributed by atoms with Crippen molar-refractivity contribution in [3.63, 3.8) is 0 Å². The number of nitrogens with zero attached hydrogens (tertiary/aromatic N) is 1. The van der Waals surface area contributed by atoms with Crippen LogP contribution >= 0.6 is 0 Å². The highest BCUT2D eigenvalue weighted by molar-refractivity contribution is 5.99. The van der Waals surface area contributed by atoms with Gasteiger partial charge in [0, 0.05) is 19.5 Å². The predicted molar refractivity (Wildman–Crippen MR) is 138 cm³/mol. The van der Waals surface area contributed by atoms with Crippen molar-refractivity contribution in [3.8, 4) is 5.75 Å². The van der Waals surface area contributed by atoms with Gasteiger partial charge >= 0.3 is 0 Å². The lowest BCUT2D eigenvalue weighted by Gasteiger charge is -2.22. The van der Waals surface area contributed by atoms with Gasteiger partial charge in [0.15, 0.2) is 0 Å². The van der Waals surface area contributed by atoms with Crippen LogP contribution in [0, 0.1) is 5.92 Å². The molecular weight excluding hydrogens is 462 g/mol. The molecule has 4 amide bonds. The van der Waals surface area contributed by atoms with Gasteiger partial charge in [-0.25, -0.2) is 0 Å². The Balaban J connectivity index is 2.22. The van der Waals surface area contributed by atoms with Crippen molar-refractivity contribution >= 4 is 23.6 Å². The summed E-state index contributed by atoms with van der Waals surface area (Å²) in [5.41, 5.74) is 0.279. The second-order valence-corrected chi connectivity index (χ2v) is 9.27. The average Bonchev–Trinajstić information content (AvgIpc) is 2.85. The van der Waals surface area contributed by atoms with Crippen LogP contribution < -0.4 is 26.0 Å². The van der Waals surface area contributed by atoms with Gasteiger partial charge in [-0.1, -0.05) is 39.8 Å². The standard InChI is InChI=1S/C26H41N5O5/c1-5-31(6-2)15-13-27-25(34)20-11-12-23(32)29-21(17-18(3)4)26(35)28-14-16-36-22-10-8-7-9-19(22)24(33)30-20/h7-10,18,20-21H,5-6,11-17H2,1-4H3,(H,27,34)(H,28,35)(H,29,32)(H,30,33)/t20-,21+/m0/s1. The third-order valence-electron chi connectivity index (χ3n) is 6.05. The first-order chi connectivity index (χ1) is 17.2. The van der Waals surface area contributed by atoms with E-state index in [0.717, 1.165) is 13.1 Å². The molecule has 0 saturated heterocycles. The van der Waals surface area contributed by atoms with Crippen LogP contribution in [0.15, 0.2) is 24.3 Å². The molecule has 0 aromatic heterocycles. The summed E-state index contributed by atoms with van der Waals surface area (Å²) in [5, 5.41) is 11.2. The molecule has 1 heterocycles. The first-order valence-electron chi connectivity index (χ1n) is 12.8. The molecule has 1 aliphatic rings. The van der Waals surface area contributed by atoms with Gasteiger partial charge < -0.3 is 30.9 Å². The number of carbonyl (C=O) groups is 4. The second-order valence-electron chi connectivity index (χ2n) is 9.27. The summed E-state index contributed by atoms with van der Waals surface area (Å²) in [7, 11) is 0. The number of hydrogen-bond acceptors (Lipinski definition) is 6. The molecule has 0 saturated carbocycles. The largest absolute Gasteiger partial charge is 0.491 e. The number of likely N-dealkylation sites (N-methyl/N-ethyl adjacent to an activating group) is 1. The van der Waals surface area contributed by atoms with Crippen molar-refractivity contribution in [3.05, 3.63) is 29.8 Å². The fraction of sp³-hybridized carbons (Fsp3) is 0.615. The van der Waals surface area contributed by atoms with Gasteiger partial charge in [0.2, 0.25) is 17.7 Å². The lowest BCUT2D eigenvalue weighted by molar-refractivity contribution is -0.130. The van der Waals surface area contributed by atoms with Crippen LogP contribution in [0.1, 0.15) is 57.3 Å². The molecule has 1 aliphatic heterocycles. The maximum absolute atomic E-state index is 13.1. The minimum absolute atomic E-state index is 0.0194. The highest BCUT2D eigenvalue weighted by Crippen LogP contribution is 2.18. The number of benzene rings is 1. The summed E-state index contributed by atoms with van der Waals surface area (Å²) >= 11 is 0. The van der Waals surface area contributed by atoms with Crippen LogP contribution in [0.2, 0.25) is 0 Å². The summed E-state index contributed by atoms with van der Waals surface area (Å²) in [6.45, 7) is 11.3.